The van der Waals surface area contributed by atoms with Gasteiger partial charge in [-0.05, 0) is 29.8 Å². The summed E-state index contributed by atoms with van der Waals surface area (Å²) in [5.41, 5.74) is 2.63. The van der Waals surface area contributed by atoms with Gasteiger partial charge in [-0.1, -0.05) is 54.6 Å². The predicted octanol–water partition coefficient (Wildman–Crippen LogP) is 5.32. The molecular formula is C25H19FN2O4S. The predicted molar refractivity (Wildman–Crippen MR) is 124 cm³/mol. The van der Waals surface area contributed by atoms with Gasteiger partial charge >= 0.3 is 5.97 Å². The van der Waals surface area contributed by atoms with Crippen LogP contribution in [0.2, 0.25) is 0 Å². The van der Waals surface area contributed by atoms with Crippen LogP contribution in [0.1, 0.15) is 15.9 Å². The summed E-state index contributed by atoms with van der Waals surface area (Å²) in [6, 6.07) is 22.0. The molecule has 4 rings (SSSR count). The summed E-state index contributed by atoms with van der Waals surface area (Å²) in [7, 11) is 0. The summed E-state index contributed by atoms with van der Waals surface area (Å²) in [4.78, 5) is 29.1. The van der Waals surface area contributed by atoms with Gasteiger partial charge in [0.25, 0.3) is 5.91 Å². The topological polar surface area (TPSA) is 77.5 Å². The summed E-state index contributed by atoms with van der Waals surface area (Å²) in [6.45, 7) is -0.315. The number of aromatic nitrogens is 1. The average Bonchev–Trinajstić information content (AvgIpc) is 3.31. The number of esters is 1. The van der Waals surface area contributed by atoms with Crippen LogP contribution in [-0.4, -0.2) is 23.5 Å². The summed E-state index contributed by atoms with van der Waals surface area (Å²) >= 11 is 1.28. The number of hydrogen-bond acceptors (Lipinski definition) is 6. The lowest BCUT2D eigenvalue weighted by atomic mass is 10.2. The van der Waals surface area contributed by atoms with E-state index in [0.29, 0.717) is 10.9 Å². The summed E-state index contributed by atoms with van der Waals surface area (Å²) in [5, 5.41) is 4.89. The molecule has 0 spiro atoms. The van der Waals surface area contributed by atoms with E-state index in [1.807, 2.05) is 35.7 Å². The van der Waals surface area contributed by atoms with Gasteiger partial charge < -0.3 is 9.47 Å². The van der Waals surface area contributed by atoms with Crippen molar-refractivity contribution in [2.75, 3.05) is 11.9 Å². The molecule has 1 aromatic heterocycles. The Labute approximate surface area is 193 Å². The monoisotopic (exact) mass is 462 g/mol. The molecule has 6 nitrogen and oxygen atoms in total. The molecule has 0 fully saturated rings. The highest BCUT2D eigenvalue weighted by Gasteiger charge is 2.16. The lowest BCUT2D eigenvalue weighted by Gasteiger charge is -2.11. The van der Waals surface area contributed by atoms with Crippen LogP contribution < -0.4 is 10.1 Å². The van der Waals surface area contributed by atoms with Gasteiger partial charge in [0, 0.05) is 10.9 Å². The number of amides is 1. The number of thiazole rings is 1. The molecule has 8 heteroatoms. The number of hydrogen-bond donors (Lipinski definition) is 1. The number of halogens is 1. The largest absolute Gasteiger partial charge is 0.488 e. The Morgan fingerprint density at radius 3 is 2.45 bits per heavy atom. The lowest BCUT2D eigenvalue weighted by Crippen LogP contribution is -2.21. The first kappa shape index (κ1) is 22.2. The van der Waals surface area contributed by atoms with E-state index >= 15 is 0 Å². The number of nitrogens with one attached hydrogen (secondary N) is 1. The minimum absolute atomic E-state index is 0.152. The molecule has 1 amide bonds. The summed E-state index contributed by atoms with van der Waals surface area (Å²) < 4.78 is 23.9. The van der Waals surface area contributed by atoms with Gasteiger partial charge in [0.1, 0.15) is 23.7 Å². The van der Waals surface area contributed by atoms with Crippen LogP contribution in [0.15, 0.2) is 84.2 Å². The van der Waals surface area contributed by atoms with E-state index in [9.17, 15) is 14.0 Å². The van der Waals surface area contributed by atoms with E-state index in [0.717, 1.165) is 16.8 Å². The second-order valence-electron chi connectivity index (χ2n) is 6.94. The van der Waals surface area contributed by atoms with E-state index < -0.39 is 18.5 Å². The Morgan fingerprint density at radius 2 is 1.67 bits per heavy atom. The number of carbonyl (C=O) groups is 2. The highest BCUT2D eigenvalue weighted by molar-refractivity contribution is 7.14. The number of benzene rings is 3. The molecule has 0 bridgehead atoms. The molecule has 0 saturated carbocycles. The molecule has 4 aromatic rings. The summed E-state index contributed by atoms with van der Waals surface area (Å²) in [5.74, 6) is -1.22. The van der Waals surface area contributed by atoms with E-state index in [-0.39, 0.29) is 18.0 Å². The lowest BCUT2D eigenvalue weighted by molar-refractivity contribution is -0.119. The highest BCUT2D eigenvalue weighted by Crippen LogP contribution is 2.25. The Kier molecular flexibility index (Phi) is 7.06. The van der Waals surface area contributed by atoms with Crippen molar-refractivity contribution in [2.24, 2.45) is 0 Å². The van der Waals surface area contributed by atoms with Crippen LogP contribution in [0.4, 0.5) is 9.52 Å². The number of carbonyl (C=O) groups excluding carboxylic acids is 2. The molecule has 1 N–H and O–H groups in total. The molecule has 0 aliphatic rings. The first-order valence-corrected chi connectivity index (χ1v) is 10.9. The third-order valence-electron chi connectivity index (χ3n) is 4.57. The number of anilines is 1. The van der Waals surface area contributed by atoms with Crippen molar-refractivity contribution in [3.8, 4) is 17.0 Å². The van der Waals surface area contributed by atoms with Crippen LogP contribution >= 0.6 is 11.3 Å². The molecule has 0 radical (unpaired) electrons. The van der Waals surface area contributed by atoms with Crippen molar-refractivity contribution in [2.45, 2.75) is 6.61 Å². The van der Waals surface area contributed by atoms with Crippen molar-refractivity contribution in [1.29, 1.82) is 0 Å². The van der Waals surface area contributed by atoms with E-state index in [1.165, 1.54) is 23.5 Å². The van der Waals surface area contributed by atoms with E-state index in [1.54, 1.807) is 36.4 Å². The number of rotatable bonds is 8. The van der Waals surface area contributed by atoms with Crippen LogP contribution in [-0.2, 0) is 16.1 Å². The van der Waals surface area contributed by atoms with Crippen LogP contribution in [0.25, 0.3) is 11.3 Å². The van der Waals surface area contributed by atoms with Crippen molar-refractivity contribution in [3.05, 3.63) is 101 Å². The molecular weight excluding hydrogens is 443 g/mol. The number of nitrogens with zero attached hydrogens (tertiary/aromatic N) is 1. The maximum absolute atomic E-state index is 13.0. The van der Waals surface area contributed by atoms with Crippen molar-refractivity contribution >= 4 is 28.3 Å². The van der Waals surface area contributed by atoms with Gasteiger partial charge in [0.15, 0.2) is 11.7 Å². The highest BCUT2D eigenvalue weighted by atomic mass is 32.1. The number of ether oxygens (including phenoxy) is 2. The van der Waals surface area contributed by atoms with Crippen LogP contribution in [0, 0.1) is 5.82 Å². The molecule has 33 heavy (non-hydrogen) atoms. The molecule has 0 atom stereocenters. The standard InChI is InChI=1S/C25H19FN2O4S/c26-19-12-10-17(11-13-19)14-31-22-9-5-4-8-20(22)24(30)32-15-23(29)28-25-27-21(16-33-25)18-6-2-1-3-7-18/h1-13,16H,14-15H2,(H,27,28,29). The first-order chi connectivity index (χ1) is 16.1. The second-order valence-corrected chi connectivity index (χ2v) is 7.80. The van der Waals surface area contributed by atoms with Gasteiger partial charge in [-0.25, -0.2) is 14.2 Å². The maximum atomic E-state index is 13.0. The molecule has 0 aliphatic heterocycles. The summed E-state index contributed by atoms with van der Waals surface area (Å²) in [6.07, 6.45) is 0. The zero-order valence-electron chi connectivity index (χ0n) is 17.4. The Bertz CT molecular complexity index is 1240. The van der Waals surface area contributed by atoms with Crippen molar-refractivity contribution < 1.29 is 23.5 Å². The van der Waals surface area contributed by atoms with E-state index in [4.69, 9.17) is 9.47 Å². The third-order valence-corrected chi connectivity index (χ3v) is 5.33. The average molecular weight is 463 g/mol. The Hall–Kier alpha value is -4.04. The van der Waals surface area contributed by atoms with Crippen molar-refractivity contribution in [3.63, 3.8) is 0 Å². The minimum atomic E-state index is -0.691. The Balaban J connectivity index is 1.32. The molecule has 0 unspecified atom stereocenters. The molecule has 0 saturated heterocycles. The minimum Gasteiger partial charge on any atom is -0.488 e. The van der Waals surface area contributed by atoms with Crippen LogP contribution in [0.3, 0.4) is 0 Å². The zero-order valence-corrected chi connectivity index (χ0v) is 18.2. The molecule has 3 aromatic carbocycles. The van der Waals surface area contributed by atoms with Crippen LogP contribution in [0.5, 0.6) is 5.75 Å². The molecule has 1 heterocycles. The maximum Gasteiger partial charge on any atom is 0.342 e. The van der Waals surface area contributed by atoms with Gasteiger partial charge in [0.05, 0.1) is 5.69 Å². The fourth-order valence-corrected chi connectivity index (χ4v) is 3.68. The van der Waals surface area contributed by atoms with Gasteiger partial charge in [-0.3, -0.25) is 10.1 Å². The zero-order chi connectivity index (χ0) is 23.0. The van der Waals surface area contributed by atoms with Gasteiger partial charge in [-0.15, -0.1) is 11.3 Å². The van der Waals surface area contributed by atoms with Gasteiger partial charge in [-0.2, -0.15) is 0 Å². The first-order valence-electron chi connectivity index (χ1n) is 10.0. The Morgan fingerprint density at radius 1 is 0.939 bits per heavy atom. The second kappa shape index (κ2) is 10.5. The molecule has 0 aliphatic carbocycles. The van der Waals surface area contributed by atoms with Crippen molar-refractivity contribution in [1.82, 2.24) is 4.98 Å². The SMILES string of the molecule is O=C(COC(=O)c1ccccc1OCc1ccc(F)cc1)Nc1nc(-c2ccccc2)cs1. The van der Waals surface area contributed by atoms with E-state index in [2.05, 4.69) is 10.3 Å². The third kappa shape index (κ3) is 6.02. The number of para-hydroxylation sites is 1. The fourth-order valence-electron chi connectivity index (χ4n) is 2.94. The smallest absolute Gasteiger partial charge is 0.342 e. The normalized spacial score (nSPS) is 10.5. The quantitative estimate of drug-likeness (QED) is 0.359. The van der Waals surface area contributed by atoms with Gasteiger partial charge in [0.2, 0.25) is 0 Å². The fraction of sp³-hybridized carbons (Fsp3) is 0.0800. The molecule has 166 valence electrons.